The van der Waals surface area contributed by atoms with Gasteiger partial charge in [-0.3, -0.25) is 0 Å². The molecule has 0 unspecified atom stereocenters. The summed E-state index contributed by atoms with van der Waals surface area (Å²) in [5, 5.41) is 7.81. The quantitative estimate of drug-likeness (QED) is 0.170. The van der Waals surface area contributed by atoms with Gasteiger partial charge in [-0.25, -0.2) is 0 Å². The molecule has 234 valence electrons. The van der Waals surface area contributed by atoms with Crippen LogP contribution in [0.3, 0.4) is 0 Å². The normalized spacial score (nSPS) is 12.0. The van der Waals surface area contributed by atoms with Crippen molar-refractivity contribution in [3.8, 4) is 22.5 Å². The molecule has 0 aliphatic carbocycles. The van der Waals surface area contributed by atoms with Gasteiger partial charge in [-0.15, -0.1) is 11.3 Å². The van der Waals surface area contributed by atoms with E-state index in [1.165, 1.54) is 105 Å². The lowest BCUT2D eigenvalue weighted by Gasteiger charge is -2.12. The lowest BCUT2D eigenvalue weighted by Crippen LogP contribution is -1.96. The van der Waals surface area contributed by atoms with Crippen LogP contribution >= 0.6 is 11.3 Å². The lowest BCUT2D eigenvalue weighted by atomic mass is 10.0. The van der Waals surface area contributed by atoms with Crippen LogP contribution in [0.5, 0.6) is 0 Å². The van der Waals surface area contributed by atoms with Crippen LogP contribution in [-0.2, 0) is 6.42 Å². The van der Waals surface area contributed by atoms with Gasteiger partial charge in [0, 0.05) is 42.7 Å². The highest BCUT2D eigenvalue weighted by Gasteiger charge is 2.22. The van der Waals surface area contributed by atoms with Crippen LogP contribution in [0.2, 0.25) is 0 Å². The van der Waals surface area contributed by atoms with E-state index in [0.29, 0.717) is 0 Å². The highest BCUT2D eigenvalue weighted by molar-refractivity contribution is 7.26. The summed E-state index contributed by atoms with van der Waals surface area (Å²) in [6, 6.07) is 56.2. The molecule has 0 bridgehead atoms. The Balaban J connectivity index is 1.30. The third kappa shape index (κ3) is 4.32. The number of rotatable bonds is 6. The summed E-state index contributed by atoms with van der Waals surface area (Å²) in [6.07, 6.45) is 3.57. The molecule has 3 heterocycles. The standard InChI is InChI=1S/C46H34N2S/c1-2-3-13-30-24-27-43-38(28-30)36-20-12-23-42(46(36)49-43)48-40-22-10-8-19-37(40)44-41(48)26-25-35-34-18-7-9-21-39(34)47(45(35)44)33-17-11-16-32(29-33)31-14-5-4-6-15-31/h4-12,14-29H,2-3,13H2,1H3. The predicted octanol–water partition coefficient (Wildman–Crippen LogP) is 13.3. The molecule has 0 spiro atoms. The second kappa shape index (κ2) is 11.2. The Labute approximate surface area is 289 Å². The minimum Gasteiger partial charge on any atom is -0.309 e. The highest BCUT2D eigenvalue weighted by Crippen LogP contribution is 2.45. The summed E-state index contributed by atoms with van der Waals surface area (Å²) in [4.78, 5) is 0. The third-order valence-electron chi connectivity index (χ3n) is 10.3. The van der Waals surface area contributed by atoms with Gasteiger partial charge in [0.2, 0.25) is 0 Å². The Hall–Kier alpha value is -5.64. The molecule has 0 aliphatic rings. The van der Waals surface area contributed by atoms with Crippen LogP contribution in [0, 0.1) is 0 Å². The highest BCUT2D eigenvalue weighted by atomic mass is 32.1. The number of hydrogen-bond acceptors (Lipinski definition) is 1. The van der Waals surface area contributed by atoms with Crippen molar-refractivity contribution in [2.45, 2.75) is 26.2 Å². The molecule has 0 atom stereocenters. The minimum atomic E-state index is 1.13. The van der Waals surface area contributed by atoms with E-state index in [0.717, 1.165) is 6.42 Å². The van der Waals surface area contributed by atoms with Crippen LogP contribution in [0.4, 0.5) is 0 Å². The van der Waals surface area contributed by atoms with Crippen molar-refractivity contribution in [2.75, 3.05) is 0 Å². The van der Waals surface area contributed by atoms with Gasteiger partial charge in [-0.05, 0) is 78.1 Å². The summed E-state index contributed by atoms with van der Waals surface area (Å²) in [7, 11) is 0. The van der Waals surface area contributed by atoms with Crippen molar-refractivity contribution < 1.29 is 0 Å². The average Bonchev–Trinajstić information content (AvgIpc) is 3.82. The van der Waals surface area contributed by atoms with Gasteiger partial charge in [0.25, 0.3) is 0 Å². The monoisotopic (exact) mass is 646 g/mol. The van der Waals surface area contributed by atoms with Gasteiger partial charge >= 0.3 is 0 Å². The second-order valence-electron chi connectivity index (χ2n) is 13.2. The molecule has 0 radical (unpaired) electrons. The second-order valence-corrected chi connectivity index (χ2v) is 14.2. The van der Waals surface area contributed by atoms with Gasteiger partial charge in [0.1, 0.15) is 0 Å². The van der Waals surface area contributed by atoms with Crippen molar-refractivity contribution in [3.63, 3.8) is 0 Å². The number of para-hydroxylation sites is 2. The Morgan fingerprint density at radius 1 is 0.510 bits per heavy atom. The Kier molecular flexibility index (Phi) is 6.50. The molecule has 0 saturated heterocycles. The number of unbranched alkanes of at least 4 members (excludes halogenated alkanes) is 1. The molecule has 49 heavy (non-hydrogen) atoms. The number of benzene rings is 7. The molecular formula is C46H34N2S. The fourth-order valence-corrected chi connectivity index (χ4v) is 9.22. The van der Waals surface area contributed by atoms with E-state index in [2.05, 4.69) is 168 Å². The van der Waals surface area contributed by atoms with Gasteiger partial charge in [0.05, 0.1) is 32.5 Å². The number of fused-ring (bicyclic) bond motifs is 10. The van der Waals surface area contributed by atoms with Gasteiger partial charge in [-0.1, -0.05) is 116 Å². The number of thiophene rings is 1. The molecule has 0 amide bonds. The summed E-state index contributed by atoms with van der Waals surface area (Å²) in [5.41, 5.74) is 11.2. The largest absolute Gasteiger partial charge is 0.309 e. The van der Waals surface area contributed by atoms with Crippen molar-refractivity contribution >= 4 is 75.1 Å². The maximum atomic E-state index is 2.52. The van der Waals surface area contributed by atoms with Crippen molar-refractivity contribution in [1.29, 1.82) is 0 Å². The number of aryl methyl sites for hydroxylation is 1. The van der Waals surface area contributed by atoms with Gasteiger partial charge < -0.3 is 9.13 Å². The van der Waals surface area contributed by atoms with Crippen LogP contribution in [0.15, 0.2) is 152 Å². The number of aromatic nitrogens is 2. The van der Waals surface area contributed by atoms with Crippen molar-refractivity contribution in [3.05, 3.63) is 157 Å². The van der Waals surface area contributed by atoms with Crippen molar-refractivity contribution in [1.82, 2.24) is 9.13 Å². The number of hydrogen-bond donors (Lipinski definition) is 0. The molecule has 0 N–H and O–H groups in total. The third-order valence-corrected chi connectivity index (χ3v) is 11.5. The fraction of sp³-hybridized carbons (Fsp3) is 0.0870. The average molecular weight is 647 g/mol. The van der Waals surface area contributed by atoms with Gasteiger partial charge in [-0.2, -0.15) is 0 Å². The smallest absolute Gasteiger partial charge is 0.0641 e. The molecule has 2 nitrogen and oxygen atoms in total. The zero-order valence-corrected chi connectivity index (χ0v) is 28.2. The molecule has 0 saturated carbocycles. The zero-order valence-electron chi connectivity index (χ0n) is 27.4. The topological polar surface area (TPSA) is 9.86 Å². The van der Waals surface area contributed by atoms with E-state index >= 15 is 0 Å². The minimum absolute atomic E-state index is 1.13. The van der Waals surface area contributed by atoms with Crippen LogP contribution < -0.4 is 0 Å². The molecular weight excluding hydrogens is 613 g/mol. The van der Waals surface area contributed by atoms with Crippen LogP contribution in [-0.4, -0.2) is 9.13 Å². The summed E-state index contributed by atoms with van der Waals surface area (Å²) in [5.74, 6) is 0. The summed E-state index contributed by atoms with van der Waals surface area (Å²) >= 11 is 1.92. The molecule has 3 heteroatoms. The zero-order chi connectivity index (χ0) is 32.5. The van der Waals surface area contributed by atoms with E-state index in [-0.39, 0.29) is 0 Å². The molecule has 0 fully saturated rings. The van der Waals surface area contributed by atoms with Crippen molar-refractivity contribution in [2.24, 2.45) is 0 Å². The Bertz CT molecular complexity index is 2870. The summed E-state index contributed by atoms with van der Waals surface area (Å²) < 4.78 is 7.70. The van der Waals surface area contributed by atoms with Crippen LogP contribution in [0.25, 0.3) is 86.3 Å². The maximum absolute atomic E-state index is 2.52. The van der Waals surface area contributed by atoms with E-state index in [9.17, 15) is 0 Å². The Morgan fingerprint density at radius 3 is 2.10 bits per heavy atom. The first kappa shape index (κ1) is 28.4. The summed E-state index contributed by atoms with van der Waals surface area (Å²) in [6.45, 7) is 2.27. The SMILES string of the molecule is CCCCc1ccc2sc3c(-n4c5ccccc5c5c4ccc4c6ccccc6n(-c6cccc(-c7ccccc7)c6)c45)cccc3c2c1. The molecule has 10 aromatic rings. The van der Waals surface area contributed by atoms with Crippen LogP contribution in [0.1, 0.15) is 25.3 Å². The first-order chi connectivity index (χ1) is 24.3. The first-order valence-corrected chi connectivity index (χ1v) is 18.2. The fourth-order valence-electron chi connectivity index (χ4n) is 8.03. The molecule has 7 aromatic carbocycles. The van der Waals surface area contributed by atoms with E-state index in [1.54, 1.807) is 0 Å². The van der Waals surface area contributed by atoms with E-state index < -0.39 is 0 Å². The molecule has 3 aromatic heterocycles. The lowest BCUT2D eigenvalue weighted by molar-refractivity contribution is 0.796. The van der Waals surface area contributed by atoms with E-state index in [1.807, 2.05) is 11.3 Å². The maximum Gasteiger partial charge on any atom is 0.0641 e. The molecule has 10 rings (SSSR count). The predicted molar refractivity (Wildman–Crippen MR) is 212 cm³/mol. The first-order valence-electron chi connectivity index (χ1n) is 17.3. The molecule has 0 aliphatic heterocycles. The Morgan fingerprint density at radius 2 is 1.24 bits per heavy atom. The van der Waals surface area contributed by atoms with Gasteiger partial charge in [0.15, 0.2) is 0 Å². The van der Waals surface area contributed by atoms with E-state index in [4.69, 9.17) is 0 Å². The number of nitrogens with zero attached hydrogens (tertiary/aromatic N) is 2.